The van der Waals surface area contributed by atoms with Crippen molar-refractivity contribution >= 4 is 36.6 Å². The van der Waals surface area contributed by atoms with Crippen molar-refractivity contribution in [1.29, 1.82) is 0 Å². The lowest BCUT2D eigenvalue weighted by Crippen LogP contribution is -2.05. The standard InChI is InChI=1S/C8H9NOS.ClH.4FH/c1-6(10)9-7-4-2-3-5-8(7)11;;;;;/h2-5,11H,1H3,(H,9,10);5*1H. The molecule has 0 bridgehead atoms. The van der Waals surface area contributed by atoms with E-state index in [1.165, 1.54) is 6.92 Å². The molecule has 0 fully saturated rings. The van der Waals surface area contributed by atoms with Crippen molar-refractivity contribution in [2.75, 3.05) is 5.32 Å². The molecule has 0 aliphatic heterocycles. The molecule has 0 aliphatic rings. The Morgan fingerprint density at radius 3 is 1.94 bits per heavy atom. The molecule has 1 rings (SSSR count). The van der Waals surface area contributed by atoms with Crippen molar-refractivity contribution in [3.05, 3.63) is 24.3 Å². The number of para-hydroxylation sites is 1. The van der Waals surface area contributed by atoms with E-state index in [2.05, 4.69) is 17.9 Å². The molecule has 0 radical (unpaired) electrons. The van der Waals surface area contributed by atoms with Gasteiger partial charge in [-0.1, -0.05) is 12.1 Å². The van der Waals surface area contributed by atoms with Crippen LogP contribution in [0.25, 0.3) is 0 Å². The lowest BCUT2D eigenvalue weighted by atomic mass is 10.3. The molecule has 1 aromatic carbocycles. The van der Waals surface area contributed by atoms with Gasteiger partial charge < -0.3 is 5.32 Å². The molecule has 8 heteroatoms. The third-order valence-corrected chi connectivity index (χ3v) is 1.60. The van der Waals surface area contributed by atoms with E-state index < -0.39 is 0 Å². The Bertz CT molecular complexity index is 290. The van der Waals surface area contributed by atoms with Gasteiger partial charge in [0.25, 0.3) is 0 Å². The number of anilines is 1. The lowest BCUT2D eigenvalue weighted by Gasteiger charge is -2.03. The first kappa shape index (κ1) is 29.4. The fourth-order valence-electron chi connectivity index (χ4n) is 0.769. The first-order chi connectivity index (χ1) is 5.20. The quantitative estimate of drug-likeness (QED) is 0.602. The zero-order valence-electron chi connectivity index (χ0n) is 8.21. The first-order valence-corrected chi connectivity index (χ1v) is 3.70. The van der Waals surface area contributed by atoms with Gasteiger partial charge in [-0.05, 0) is 12.1 Å². The van der Waals surface area contributed by atoms with Crippen LogP contribution in [-0.4, -0.2) is 5.91 Å². The highest BCUT2D eigenvalue weighted by Crippen LogP contribution is 2.17. The normalized spacial score (nSPS) is 6.38. The maximum Gasteiger partial charge on any atom is 0.221 e. The van der Waals surface area contributed by atoms with Crippen LogP contribution < -0.4 is 5.32 Å². The van der Waals surface area contributed by atoms with Gasteiger partial charge in [-0.25, -0.2) is 0 Å². The van der Waals surface area contributed by atoms with Gasteiger partial charge in [0.1, 0.15) is 0 Å². The van der Waals surface area contributed by atoms with Gasteiger partial charge >= 0.3 is 0 Å². The minimum atomic E-state index is -0.0773. The minimum Gasteiger partial charge on any atom is -0.325 e. The Morgan fingerprint density at radius 2 is 1.56 bits per heavy atom. The van der Waals surface area contributed by atoms with Crippen LogP contribution in [0.5, 0.6) is 0 Å². The van der Waals surface area contributed by atoms with Crippen molar-refractivity contribution in [3.63, 3.8) is 0 Å². The summed E-state index contributed by atoms with van der Waals surface area (Å²) in [7, 11) is 0. The molecule has 0 unspecified atom stereocenters. The van der Waals surface area contributed by atoms with Gasteiger partial charge in [0.2, 0.25) is 5.91 Å². The summed E-state index contributed by atoms with van der Waals surface area (Å²) in [5.74, 6) is -0.0773. The van der Waals surface area contributed by atoms with E-state index >= 15 is 0 Å². The largest absolute Gasteiger partial charge is 0.325 e. The Kier molecular flexibility index (Phi) is 25.8. The van der Waals surface area contributed by atoms with Crippen LogP contribution >= 0.6 is 25.0 Å². The van der Waals surface area contributed by atoms with E-state index in [1.807, 2.05) is 24.3 Å². The maximum atomic E-state index is 10.6. The van der Waals surface area contributed by atoms with E-state index in [0.29, 0.717) is 0 Å². The number of benzene rings is 1. The predicted molar refractivity (Wildman–Crippen MR) is 65.3 cm³/mol. The second kappa shape index (κ2) is 14.0. The molecular formula is C8H14ClF4NOS. The molecule has 1 amide bonds. The highest BCUT2D eigenvalue weighted by Gasteiger charge is 1.97. The number of carbonyl (C=O) groups excluding carboxylic acids is 1. The van der Waals surface area contributed by atoms with Crippen LogP contribution in [0, 0.1) is 0 Å². The average Bonchev–Trinajstić information content (AvgIpc) is 1.93. The molecule has 0 saturated heterocycles. The summed E-state index contributed by atoms with van der Waals surface area (Å²) >= 11 is 4.16. The van der Waals surface area contributed by atoms with E-state index in [4.69, 9.17) is 0 Å². The van der Waals surface area contributed by atoms with E-state index in [0.717, 1.165) is 10.6 Å². The Labute approximate surface area is 102 Å². The van der Waals surface area contributed by atoms with Crippen LogP contribution in [0.3, 0.4) is 0 Å². The Balaban J connectivity index is -0.0000000807. The molecule has 1 N–H and O–H groups in total. The topological polar surface area (TPSA) is 29.1 Å². The van der Waals surface area contributed by atoms with Crippen molar-refractivity contribution in [2.45, 2.75) is 11.8 Å². The molecule has 1 aromatic rings. The lowest BCUT2D eigenvalue weighted by molar-refractivity contribution is -0.114. The molecular weight excluding hydrogens is 270 g/mol. The van der Waals surface area contributed by atoms with Gasteiger partial charge in [-0.2, -0.15) is 0 Å². The third-order valence-electron chi connectivity index (χ3n) is 1.21. The Hall–Kier alpha value is -0.950. The number of halogens is 5. The summed E-state index contributed by atoms with van der Waals surface area (Å²) in [6.07, 6.45) is 0. The highest BCUT2D eigenvalue weighted by molar-refractivity contribution is 7.80. The third kappa shape index (κ3) is 9.60. The summed E-state index contributed by atoms with van der Waals surface area (Å²) in [6.45, 7) is 1.47. The predicted octanol–water partition coefficient (Wildman–Crippen LogP) is 2.97. The van der Waals surface area contributed by atoms with Crippen molar-refractivity contribution < 1.29 is 23.6 Å². The molecule has 0 spiro atoms. The zero-order chi connectivity index (χ0) is 8.27. The SMILES string of the molecule is CC(=O)Nc1ccccc1S.Cl.F.F.F.F. The Morgan fingerprint density at radius 1 is 1.12 bits per heavy atom. The number of amides is 1. The highest BCUT2D eigenvalue weighted by atomic mass is 35.5. The molecule has 0 aromatic heterocycles. The summed E-state index contributed by atoms with van der Waals surface area (Å²) in [4.78, 5) is 11.4. The number of thiol groups is 1. The van der Waals surface area contributed by atoms with Gasteiger partial charge in [-0.3, -0.25) is 23.6 Å². The van der Waals surface area contributed by atoms with Crippen molar-refractivity contribution in [1.82, 2.24) is 0 Å². The first-order valence-electron chi connectivity index (χ1n) is 3.26. The van der Waals surface area contributed by atoms with Gasteiger partial charge in [0.05, 0.1) is 5.69 Å². The fourth-order valence-corrected chi connectivity index (χ4v) is 0.985. The van der Waals surface area contributed by atoms with Crippen LogP contribution in [-0.2, 0) is 4.79 Å². The molecule has 0 heterocycles. The maximum absolute atomic E-state index is 10.6. The smallest absolute Gasteiger partial charge is 0.221 e. The second-order valence-electron chi connectivity index (χ2n) is 2.20. The second-order valence-corrected chi connectivity index (χ2v) is 2.68. The van der Waals surface area contributed by atoms with Gasteiger partial charge in [0.15, 0.2) is 0 Å². The summed E-state index contributed by atoms with van der Waals surface area (Å²) in [5, 5.41) is 2.66. The van der Waals surface area contributed by atoms with E-state index in [1.54, 1.807) is 0 Å². The van der Waals surface area contributed by atoms with Crippen LogP contribution in [0.15, 0.2) is 29.2 Å². The van der Waals surface area contributed by atoms with E-state index in [-0.39, 0.29) is 37.1 Å². The van der Waals surface area contributed by atoms with Crippen molar-refractivity contribution in [3.8, 4) is 0 Å². The molecule has 16 heavy (non-hydrogen) atoms. The zero-order valence-corrected chi connectivity index (χ0v) is 9.92. The molecule has 2 nitrogen and oxygen atoms in total. The summed E-state index contributed by atoms with van der Waals surface area (Å²) < 4.78 is 0. The van der Waals surface area contributed by atoms with E-state index in [9.17, 15) is 4.79 Å². The summed E-state index contributed by atoms with van der Waals surface area (Å²) in [6, 6.07) is 7.36. The molecule has 0 atom stereocenters. The molecule has 0 saturated carbocycles. The van der Waals surface area contributed by atoms with Crippen LogP contribution in [0.4, 0.5) is 24.5 Å². The van der Waals surface area contributed by atoms with Crippen LogP contribution in [0.1, 0.15) is 6.92 Å². The fraction of sp³-hybridized carbons (Fsp3) is 0.125. The van der Waals surface area contributed by atoms with Crippen molar-refractivity contribution in [2.24, 2.45) is 0 Å². The minimum absolute atomic E-state index is 0. The number of hydrogen-bond acceptors (Lipinski definition) is 2. The summed E-state index contributed by atoms with van der Waals surface area (Å²) in [5.41, 5.74) is 0.753. The van der Waals surface area contributed by atoms with Crippen LogP contribution in [0.2, 0.25) is 0 Å². The number of rotatable bonds is 1. The average molecular weight is 284 g/mol. The molecule has 0 aliphatic carbocycles. The number of nitrogens with one attached hydrogen (secondary N) is 1. The number of hydrogen-bond donors (Lipinski definition) is 2. The number of carbonyl (C=O) groups is 1. The van der Waals surface area contributed by atoms with Gasteiger partial charge in [-0.15, -0.1) is 25.0 Å². The van der Waals surface area contributed by atoms with Gasteiger partial charge in [0, 0.05) is 11.8 Å². The monoisotopic (exact) mass is 283 g/mol. The molecule has 98 valence electrons.